The summed E-state index contributed by atoms with van der Waals surface area (Å²) >= 11 is 0. The van der Waals surface area contributed by atoms with Crippen molar-refractivity contribution in [2.24, 2.45) is 0 Å². The fraction of sp³-hybridized carbons (Fsp3) is 0.190. The molecule has 3 rings (SSSR count). The molecular weight excluding hydrogens is 310 g/mol. The first-order valence-electron chi connectivity index (χ1n) is 8.19. The number of hydrogen-bond donors (Lipinski definition) is 1. The van der Waals surface area contributed by atoms with Crippen molar-refractivity contribution in [2.45, 2.75) is 13.1 Å². The number of ether oxygens (including phenoxy) is 1. The highest BCUT2D eigenvalue weighted by Crippen LogP contribution is 2.25. The monoisotopic (exact) mass is 331 g/mol. The van der Waals surface area contributed by atoms with Crippen LogP contribution in [0, 0.1) is 12.3 Å². The number of hydrogen-bond acceptors (Lipinski definition) is 3. The fourth-order valence-electron chi connectivity index (χ4n) is 2.70. The van der Waals surface area contributed by atoms with Gasteiger partial charge in [0.25, 0.3) is 0 Å². The molecule has 0 aliphatic heterocycles. The van der Waals surface area contributed by atoms with Crippen LogP contribution in [-0.2, 0) is 13.1 Å². The Morgan fingerprint density at radius 1 is 1.12 bits per heavy atom. The van der Waals surface area contributed by atoms with Gasteiger partial charge in [-0.2, -0.15) is 5.10 Å². The molecule has 0 aliphatic carbocycles. The third-order valence-electron chi connectivity index (χ3n) is 3.93. The lowest BCUT2D eigenvalue weighted by atomic mass is 10.1. The van der Waals surface area contributed by atoms with Crippen LogP contribution in [0.25, 0.3) is 11.3 Å². The molecule has 0 saturated carbocycles. The van der Waals surface area contributed by atoms with E-state index in [2.05, 4.69) is 29.6 Å². The van der Waals surface area contributed by atoms with Crippen molar-refractivity contribution in [3.63, 3.8) is 0 Å². The van der Waals surface area contributed by atoms with E-state index >= 15 is 0 Å². The normalized spacial score (nSPS) is 10.4. The summed E-state index contributed by atoms with van der Waals surface area (Å²) in [7, 11) is 1.67. The maximum atomic E-state index is 5.33. The molecule has 0 amide bonds. The van der Waals surface area contributed by atoms with Crippen LogP contribution in [-0.4, -0.2) is 23.4 Å². The lowest BCUT2D eigenvalue weighted by Gasteiger charge is -2.04. The zero-order valence-corrected chi connectivity index (χ0v) is 14.3. The minimum absolute atomic E-state index is 0.534. The second kappa shape index (κ2) is 8.18. The Hall–Kier alpha value is -3.03. The number of benzene rings is 2. The molecule has 1 N–H and O–H groups in total. The van der Waals surface area contributed by atoms with E-state index in [0.717, 1.165) is 29.1 Å². The SMILES string of the molecule is C#CCNCc1cn(Cc2ccccc2)nc1-c1ccc(OC)cc1. The van der Waals surface area contributed by atoms with Crippen molar-refractivity contribution in [2.75, 3.05) is 13.7 Å². The molecule has 0 radical (unpaired) electrons. The molecule has 0 fully saturated rings. The molecule has 0 atom stereocenters. The van der Waals surface area contributed by atoms with Crippen molar-refractivity contribution < 1.29 is 4.74 Å². The van der Waals surface area contributed by atoms with Crippen molar-refractivity contribution in [3.8, 4) is 29.4 Å². The summed E-state index contributed by atoms with van der Waals surface area (Å²) in [6, 6.07) is 18.3. The summed E-state index contributed by atoms with van der Waals surface area (Å²) in [5.74, 6) is 3.44. The highest BCUT2D eigenvalue weighted by molar-refractivity contribution is 5.63. The molecule has 0 spiro atoms. The summed E-state index contributed by atoms with van der Waals surface area (Å²) in [5.41, 5.74) is 4.36. The smallest absolute Gasteiger partial charge is 0.118 e. The molecule has 0 saturated heterocycles. The molecule has 4 nitrogen and oxygen atoms in total. The van der Waals surface area contributed by atoms with E-state index in [1.54, 1.807) is 7.11 Å². The minimum Gasteiger partial charge on any atom is -0.497 e. The van der Waals surface area contributed by atoms with Crippen molar-refractivity contribution in [3.05, 3.63) is 71.9 Å². The number of aromatic nitrogens is 2. The van der Waals surface area contributed by atoms with E-state index in [9.17, 15) is 0 Å². The van der Waals surface area contributed by atoms with Crippen LogP contribution in [0.3, 0.4) is 0 Å². The van der Waals surface area contributed by atoms with Gasteiger partial charge in [0.2, 0.25) is 0 Å². The van der Waals surface area contributed by atoms with Gasteiger partial charge in [-0.1, -0.05) is 36.3 Å². The van der Waals surface area contributed by atoms with E-state index in [0.29, 0.717) is 13.1 Å². The van der Waals surface area contributed by atoms with Gasteiger partial charge in [-0.3, -0.25) is 4.68 Å². The molecule has 126 valence electrons. The van der Waals surface area contributed by atoms with E-state index in [-0.39, 0.29) is 0 Å². The zero-order valence-electron chi connectivity index (χ0n) is 14.3. The Morgan fingerprint density at radius 3 is 2.56 bits per heavy atom. The minimum atomic E-state index is 0.534. The lowest BCUT2D eigenvalue weighted by Crippen LogP contribution is -2.13. The largest absolute Gasteiger partial charge is 0.497 e. The molecule has 0 bridgehead atoms. The van der Waals surface area contributed by atoms with E-state index in [1.165, 1.54) is 5.56 Å². The molecule has 4 heteroatoms. The molecule has 1 aromatic heterocycles. The van der Waals surface area contributed by atoms with Gasteiger partial charge in [-0.15, -0.1) is 6.42 Å². The summed E-state index contributed by atoms with van der Waals surface area (Å²) in [5, 5.41) is 8.04. The number of nitrogens with one attached hydrogen (secondary N) is 1. The maximum absolute atomic E-state index is 5.33. The zero-order chi connectivity index (χ0) is 17.5. The summed E-state index contributed by atoms with van der Waals surface area (Å²) < 4.78 is 7.21. The van der Waals surface area contributed by atoms with E-state index in [4.69, 9.17) is 16.3 Å². The van der Waals surface area contributed by atoms with Gasteiger partial charge >= 0.3 is 0 Å². The van der Waals surface area contributed by atoms with Gasteiger partial charge < -0.3 is 10.1 Å². The Kier molecular flexibility index (Phi) is 5.50. The Balaban J connectivity index is 1.89. The number of methoxy groups -OCH3 is 1. The first-order valence-corrected chi connectivity index (χ1v) is 8.19. The molecule has 0 aliphatic rings. The Bertz CT molecular complexity index is 845. The predicted octanol–water partition coefficient (Wildman–Crippen LogP) is 3.33. The van der Waals surface area contributed by atoms with Crippen molar-refractivity contribution in [1.29, 1.82) is 0 Å². The molecular formula is C21H21N3O. The summed E-state index contributed by atoms with van der Waals surface area (Å²) in [6.45, 7) is 1.95. The molecule has 3 aromatic rings. The summed E-state index contributed by atoms with van der Waals surface area (Å²) in [4.78, 5) is 0. The molecule has 2 aromatic carbocycles. The van der Waals surface area contributed by atoms with Gasteiger partial charge in [0.05, 0.1) is 25.9 Å². The molecule has 0 unspecified atom stereocenters. The van der Waals surface area contributed by atoms with E-state index in [1.807, 2.05) is 47.1 Å². The van der Waals surface area contributed by atoms with Crippen LogP contribution in [0.2, 0.25) is 0 Å². The van der Waals surface area contributed by atoms with Gasteiger partial charge in [0.1, 0.15) is 5.75 Å². The lowest BCUT2D eigenvalue weighted by molar-refractivity contribution is 0.415. The second-order valence-electron chi connectivity index (χ2n) is 5.72. The standard InChI is InChI=1S/C21H21N3O/c1-3-13-22-14-19-16-24(15-17-7-5-4-6-8-17)23-21(19)18-9-11-20(25-2)12-10-18/h1,4-12,16,22H,13-15H2,2H3. The van der Waals surface area contributed by atoms with Crippen LogP contribution in [0.4, 0.5) is 0 Å². The average molecular weight is 331 g/mol. The van der Waals surface area contributed by atoms with Crippen LogP contribution in [0.15, 0.2) is 60.8 Å². The van der Waals surface area contributed by atoms with Crippen molar-refractivity contribution >= 4 is 0 Å². The number of terminal acetylenes is 1. The fourth-order valence-corrected chi connectivity index (χ4v) is 2.70. The Morgan fingerprint density at radius 2 is 1.88 bits per heavy atom. The van der Waals surface area contributed by atoms with Crippen LogP contribution >= 0.6 is 0 Å². The van der Waals surface area contributed by atoms with Crippen molar-refractivity contribution in [1.82, 2.24) is 15.1 Å². The highest BCUT2D eigenvalue weighted by Gasteiger charge is 2.11. The molecule has 25 heavy (non-hydrogen) atoms. The average Bonchev–Trinajstić information content (AvgIpc) is 3.05. The quantitative estimate of drug-likeness (QED) is 0.533. The predicted molar refractivity (Wildman–Crippen MR) is 100 cm³/mol. The Labute approximate surface area is 148 Å². The summed E-state index contributed by atoms with van der Waals surface area (Å²) in [6.07, 6.45) is 7.41. The number of rotatable bonds is 7. The maximum Gasteiger partial charge on any atom is 0.118 e. The van der Waals surface area contributed by atoms with Gasteiger partial charge in [0.15, 0.2) is 0 Å². The topological polar surface area (TPSA) is 39.1 Å². The van der Waals surface area contributed by atoms with Crippen LogP contribution in [0.5, 0.6) is 5.75 Å². The van der Waals surface area contributed by atoms with Crippen LogP contribution < -0.4 is 10.1 Å². The third kappa shape index (κ3) is 4.28. The first-order chi connectivity index (χ1) is 12.3. The van der Waals surface area contributed by atoms with E-state index < -0.39 is 0 Å². The van der Waals surface area contributed by atoms with Gasteiger partial charge in [0, 0.05) is 23.9 Å². The number of nitrogens with zero attached hydrogens (tertiary/aromatic N) is 2. The van der Waals surface area contributed by atoms with Gasteiger partial charge in [-0.05, 0) is 29.8 Å². The van der Waals surface area contributed by atoms with Crippen LogP contribution in [0.1, 0.15) is 11.1 Å². The third-order valence-corrected chi connectivity index (χ3v) is 3.93. The second-order valence-corrected chi connectivity index (χ2v) is 5.72. The highest BCUT2D eigenvalue weighted by atomic mass is 16.5. The molecule has 1 heterocycles. The van der Waals surface area contributed by atoms with Gasteiger partial charge in [-0.25, -0.2) is 0 Å². The first kappa shape index (κ1) is 16.8.